The first-order valence-corrected chi connectivity index (χ1v) is 8.97. The quantitative estimate of drug-likeness (QED) is 0.858. The summed E-state index contributed by atoms with van der Waals surface area (Å²) in [6, 6.07) is 15.8. The fraction of sp³-hybridized carbons (Fsp3) is 0.222. The van der Waals surface area contributed by atoms with Crippen molar-refractivity contribution in [3.8, 4) is 0 Å². The van der Waals surface area contributed by atoms with Crippen LogP contribution in [0.15, 0.2) is 71.6 Å². The maximum absolute atomic E-state index is 12.7. The van der Waals surface area contributed by atoms with Crippen LogP contribution in [0.25, 0.3) is 0 Å². The molecule has 0 radical (unpaired) electrons. The van der Waals surface area contributed by atoms with Crippen molar-refractivity contribution in [1.29, 1.82) is 0 Å². The van der Waals surface area contributed by atoms with Crippen LogP contribution >= 0.6 is 0 Å². The molecule has 0 saturated heterocycles. The van der Waals surface area contributed by atoms with Crippen molar-refractivity contribution in [2.24, 2.45) is 0 Å². The molecule has 0 bridgehead atoms. The molecule has 3 rings (SSSR count). The summed E-state index contributed by atoms with van der Waals surface area (Å²) >= 11 is 0. The number of benzene rings is 2. The van der Waals surface area contributed by atoms with Gasteiger partial charge < -0.3 is 4.74 Å². The molecule has 0 unspecified atom stereocenters. The van der Waals surface area contributed by atoms with Crippen molar-refractivity contribution in [1.82, 2.24) is 4.72 Å². The van der Waals surface area contributed by atoms with E-state index in [-0.39, 0.29) is 11.0 Å². The third kappa shape index (κ3) is 3.69. The van der Waals surface area contributed by atoms with E-state index in [4.69, 9.17) is 4.74 Å². The fourth-order valence-corrected chi connectivity index (χ4v) is 3.79. The van der Waals surface area contributed by atoms with E-state index in [1.807, 2.05) is 49.4 Å². The standard InChI is InChI=1S/C18H19NO3S/c1-14-9-11-16(12-10-14)23(20,21)19-18(17-8-5-13-22-17)15-6-3-2-4-7-15/h2-12,17-19H,13H2,1H3/t17-,18+/m0/s1. The van der Waals surface area contributed by atoms with Gasteiger partial charge in [0.1, 0.15) is 0 Å². The molecule has 120 valence electrons. The molecule has 0 spiro atoms. The largest absolute Gasteiger partial charge is 0.368 e. The Hall–Kier alpha value is -1.95. The number of ether oxygens (including phenoxy) is 1. The van der Waals surface area contributed by atoms with E-state index in [0.29, 0.717) is 6.61 Å². The average molecular weight is 329 g/mol. The van der Waals surface area contributed by atoms with Crippen LogP contribution < -0.4 is 4.72 Å². The number of rotatable bonds is 5. The van der Waals surface area contributed by atoms with Gasteiger partial charge in [0.2, 0.25) is 10.0 Å². The average Bonchev–Trinajstić information content (AvgIpc) is 3.08. The predicted octanol–water partition coefficient (Wildman–Crippen LogP) is 2.97. The first-order chi connectivity index (χ1) is 11.1. The molecule has 5 heteroatoms. The third-order valence-corrected chi connectivity index (χ3v) is 5.27. The highest BCUT2D eigenvalue weighted by Gasteiger charge is 2.29. The fourth-order valence-electron chi connectivity index (χ4n) is 2.56. The Bertz CT molecular complexity index is 783. The van der Waals surface area contributed by atoms with Gasteiger partial charge in [-0.25, -0.2) is 13.1 Å². The highest BCUT2D eigenvalue weighted by Crippen LogP contribution is 2.25. The van der Waals surface area contributed by atoms with Crippen molar-refractivity contribution >= 4 is 10.0 Å². The van der Waals surface area contributed by atoms with Gasteiger partial charge in [-0.2, -0.15) is 0 Å². The van der Waals surface area contributed by atoms with Crippen LogP contribution in [0, 0.1) is 6.92 Å². The minimum atomic E-state index is -3.63. The van der Waals surface area contributed by atoms with Crippen LogP contribution in [0.3, 0.4) is 0 Å². The molecular weight excluding hydrogens is 310 g/mol. The van der Waals surface area contributed by atoms with Crippen molar-refractivity contribution < 1.29 is 13.2 Å². The Morgan fingerprint density at radius 3 is 2.39 bits per heavy atom. The zero-order valence-electron chi connectivity index (χ0n) is 12.8. The Labute approximate surface area is 136 Å². The van der Waals surface area contributed by atoms with Crippen molar-refractivity contribution in [2.45, 2.75) is 24.0 Å². The zero-order chi connectivity index (χ0) is 16.3. The molecule has 1 aliphatic heterocycles. The van der Waals surface area contributed by atoms with Gasteiger partial charge in [0.05, 0.1) is 23.6 Å². The Balaban J connectivity index is 1.91. The minimum absolute atomic E-state index is 0.256. The van der Waals surface area contributed by atoms with Crippen LogP contribution in [0.1, 0.15) is 17.2 Å². The van der Waals surface area contributed by atoms with E-state index < -0.39 is 16.1 Å². The summed E-state index contributed by atoms with van der Waals surface area (Å²) in [5.41, 5.74) is 1.89. The Kier molecular flexibility index (Phi) is 4.61. The van der Waals surface area contributed by atoms with E-state index in [9.17, 15) is 8.42 Å². The molecule has 0 aliphatic carbocycles. The molecule has 23 heavy (non-hydrogen) atoms. The van der Waals surface area contributed by atoms with E-state index in [0.717, 1.165) is 11.1 Å². The first-order valence-electron chi connectivity index (χ1n) is 7.48. The predicted molar refractivity (Wildman–Crippen MR) is 89.6 cm³/mol. The van der Waals surface area contributed by atoms with E-state index in [1.54, 1.807) is 24.3 Å². The number of aryl methyl sites for hydroxylation is 1. The number of hydrogen-bond acceptors (Lipinski definition) is 3. The molecule has 0 saturated carbocycles. The lowest BCUT2D eigenvalue weighted by atomic mass is 10.0. The summed E-state index contributed by atoms with van der Waals surface area (Å²) < 4.78 is 33.8. The van der Waals surface area contributed by atoms with Crippen molar-refractivity contribution in [2.75, 3.05) is 6.61 Å². The molecule has 0 fully saturated rings. The van der Waals surface area contributed by atoms with Crippen molar-refractivity contribution in [3.05, 3.63) is 77.9 Å². The van der Waals surface area contributed by atoms with E-state index in [2.05, 4.69) is 4.72 Å². The van der Waals surface area contributed by atoms with Crippen LogP contribution in [-0.4, -0.2) is 21.1 Å². The molecule has 0 amide bonds. The second-order valence-corrected chi connectivity index (χ2v) is 7.26. The van der Waals surface area contributed by atoms with Gasteiger partial charge in [-0.05, 0) is 24.6 Å². The highest BCUT2D eigenvalue weighted by atomic mass is 32.2. The molecule has 4 nitrogen and oxygen atoms in total. The maximum atomic E-state index is 12.7. The van der Waals surface area contributed by atoms with Gasteiger partial charge in [-0.15, -0.1) is 0 Å². The van der Waals surface area contributed by atoms with Crippen LogP contribution in [0.5, 0.6) is 0 Å². The molecule has 1 aliphatic rings. The maximum Gasteiger partial charge on any atom is 0.241 e. The molecule has 2 aromatic rings. The molecule has 1 N–H and O–H groups in total. The topological polar surface area (TPSA) is 55.4 Å². The molecule has 1 heterocycles. The normalized spacial score (nSPS) is 18.9. The number of hydrogen-bond donors (Lipinski definition) is 1. The Morgan fingerprint density at radius 2 is 1.78 bits per heavy atom. The van der Waals surface area contributed by atoms with Crippen molar-refractivity contribution in [3.63, 3.8) is 0 Å². The van der Waals surface area contributed by atoms with Gasteiger partial charge >= 0.3 is 0 Å². The van der Waals surface area contributed by atoms with Gasteiger partial charge in [0, 0.05) is 0 Å². The molecule has 0 aromatic heterocycles. The number of nitrogens with one attached hydrogen (secondary N) is 1. The Morgan fingerprint density at radius 1 is 1.09 bits per heavy atom. The summed E-state index contributed by atoms with van der Waals surface area (Å²) in [5.74, 6) is 0. The summed E-state index contributed by atoms with van der Waals surface area (Å²) in [4.78, 5) is 0.256. The lowest BCUT2D eigenvalue weighted by Gasteiger charge is -2.24. The van der Waals surface area contributed by atoms with Crippen LogP contribution in [0.4, 0.5) is 0 Å². The van der Waals surface area contributed by atoms with Gasteiger partial charge in [-0.3, -0.25) is 0 Å². The number of sulfonamides is 1. The van der Waals surface area contributed by atoms with Crippen LogP contribution in [-0.2, 0) is 14.8 Å². The SMILES string of the molecule is Cc1ccc(S(=O)(=O)N[C@H](c2ccccc2)[C@@H]2C=CCO2)cc1. The monoisotopic (exact) mass is 329 g/mol. The molecule has 2 aromatic carbocycles. The minimum Gasteiger partial charge on any atom is -0.368 e. The first kappa shape index (κ1) is 15.9. The van der Waals surface area contributed by atoms with Gasteiger partial charge in [-0.1, -0.05) is 60.2 Å². The lowest BCUT2D eigenvalue weighted by molar-refractivity contribution is 0.103. The highest BCUT2D eigenvalue weighted by molar-refractivity contribution is 7.89. The summed E-state index contributed by atoms with van der Waals surface area (Å²) in [5, 5.41) is 0. The summed E-state index contributed by atoms with van der Waals surface area (Å²) in [6.07, 6.45) is 3.49. The zero-order valence-corrected chi connectivity index (χ0v) is 13.7. The summed E-state index contributed by atoms with van der Waals surface area (Å²) in [6.45, 7) is 2.42. The van der Waals surface area contributed by atoms with Gasteiger partial charge in [0.15, 0.2) is 0 Å². The molecule has 2 atom stereocenters. The second kappa shape index (κ2) is 6.66. The van der Waals surface area contributed by atoms with Gasteiger partial charge in [0.25, 0.3) is 0 Å². The molecular formula is C18H19NO3S. The summed E-state index contributed by atoms with van der Waals surface area (Å²) in [7, 11) is -3.63. The van der Waals surface area contributed by atoms with E-state index in [1.165, 1.54) is 0 Å². The van der Waals surface area contributed by atoms with E-state index >= 15 is 0 Å². The smallest absolute Gasteiger partial charge is 0.241 e. The van der Waals surface area contributed by atoms with Crippen LogP contribution in [0.2, 0.25) is 0 Å². The second-order valence-electron chi connectivity index (χ2n) is 5.55. The lowest BCUT2D eigenvalue weighted by Crippen LogP contribution is -2.35. The third-order valence-electron chi connectivity index (χ3n) is 3.81.